The van der Waals surface area contributed by atoms with Crippen molar-refractivity contribution in [2.24, 2.45) is 0 Å². The zero-order chi connectivity index (χ0) is 10.7. The average Bonchev–Trinajstić information content (AvgIpc) is 2.30. The highest BCUT2D eigenvalue weighted by Gasteiger charge is 2.08. The summed E-state index contributed by atoms with van der Waals surface area (Å²) in [5, 5.41) is 3.33. The Hall–Kier alpha value is -1.76. The molecule has 1 aromatic carbocycles. The Morgan fingerprint density at radius 1 is 1.13 bits per heavy atom. The lowest BCUT2D eigenvalue weighted by atomic mass is 10.0. The van der Waals surface area contributed by atoms with Gasteiger partial charge in [-0.25, -0.2) is 0 Å². The lowest BCUT2D eigenvalue weighted by Gasteiger charge is -2.19. The maximum absolute atomic E-state index is 4.02. The van der Waals surface area contributed by atoms with Crippen LogP contribution in [0.4, 0.5) is 0 Å². The van der Waals surface area contributed by atoms with E-state index in [1.165, 1.54) is 11.1 Å². The molecule has 0 unspecified atom stereocenters. The van der Waals surface area contributed by atoms with Crippen LogP contribution in [-0.2, 0) is 0 Å². The monoisotopic (exact) mass is 197 g/mol. The molecule has 0 fully saturated rings. The Labute approximate surface area is 90.8 Å². The highest BCUT2D eigenvalue weighted by molar-refractivity contribution is 5.70. The molecule has 1 N–H and O–H groups in total. The van der Waals surface area contributed by atoms with Gasteiger partial charge in [0.15, 0.2) is 0 Å². The smallest absolute Gasteiger partial charge is 0.0457 e. The topological polar surface area (TPSA) is 12.0 Å². The number of hydrogen-bond donors (Lipinski definition) is 1. The third-order valence-electron chi connectivity index (χ3n) is 2.59. The maximum atomic E-state index is 4.02. The van der Waals surface area contributed by atoms with Crippen LogP contribution in [0.25, 0.3) is 5.70 Å². The highest BCUT2D eigenvalue weighted by Crippen LogP contribution is 2.21. The van der Waals surface area contributed by atoms with Gasteiger partial charge in [0.05, 0.1) is 0 Å². The highest BCUT2D eigenvalue weighted by atomic mass is 14.9. The minimum absolute atomic E-state index is 1.01. The quantitative estimate of drug-likeness (QED) is 0.765. The third-order valence-corrected chi connectivity index (χ3v) is 2.59. The Bertz CT molecular complexity index is 424. The second kappa shape index (κ2) is 4.18. The Kier molecular flexibility index (Phi) is 2.72. The third kappa shape index (κ3) is 2.01. The molecule has 0 saturated carbocycles. The molecule has 1 heterocycles. The van der Waals surface area contributed by atoms with Gasteiger partial charge >= 0.3 is 0 Å². The van der Waals surface area contributed by atoms with E-state index in [0.29, 0.717) is 0 Å². The van der Waals surface area contributed by atoms with E-state index in [1.54, 1.807) is 0 Å². The number of nitrogens with one attached hydrogen (secondary N) is 1. The van der Waals surface area contributed by atoms with E-state index in [0.717, 1.165) is 17.8 Å². The van der Waals surface area contributed by atoms with Crippen LogP contribution in [0.2, 0.25) is 0 Å². The predicted molar refractivity (Wildman–Crippen MR) is 65.1 cm³/mol. The summed E-state index contributed by atoms with van der Waals surface area (Å²) in [6.07, 6.45) is 5.27. The molecule has 0 atom stereocenters. The molecule has 1 aliphatic heterocycles. The molecule has 76 valence electrons. The first-order valence-electron chi connectivity index (χ1n) is 5.24. The van der Waals surface area contributed by atoms with E-state index >= 15 is 0 Å². The summed E-state index contributed by atoms with van der Waals surface area (Å²) in [6.45, 7) is 6.16. The molecule has 1 heteroatoms. The first-order valence-corrected chi connectivity index (χ1v) is 5.24. The SMILES string of the molecule is C=C1NC(c2ccccc2)=CC=C1CC. The molecule has 15 heavy (non-hydrogen) atoms. The van der Waals surface area contributed by atoms with Crippen molar-refractivity contribution in [2.75, 3.05) is 0 Å². The van der Waals surface area contributed by atoms with Crippen LogP contribution in [0.3, 0.4) is 0 Å². The van der Waals surface area contributed by atoms with Gasteiger partial charge < -0.3 is 5.32 Å². The molecule has 0 aromatic heterocycles. The molecule has 0 amide bonds. The summed E-state index contributed by atoms with van der Waals surface area (Å²) in [5.74, 6) is 0. The van der Waals surface area contributed by atoms with Crippen LogP contribution >= 0.6 is 0 Å². The maximum Gasteiger partial charge on any atom is 0.0457 e. The minimum Gasteiger partial charge on any atom is -0.355 e. The second-order valence-corrected chi connectivity index (χ2v) is 3.60. The van der Waals surface area contributed by atoms with Crippen molar-refractivity contribution in [1.82, 2.24) is 5.32 Å². The first kappa shape index (κ1) is 9.78. The van der Waals surface area contributed by atoms with Crippen molar-refractivity contribution in [2.45, 2.75) is 13.3 Å². The summed E-state index contributed by atoms with van der Waals surface area (Å²) in [6, 6.07) is 10.3. The molecule has 0 spiro atoms. The van der Waals surface area contributed by atoms with Crippen molar-refractivity contribution in [3.63, 3.8) is 0 Å². The van der Waals surface area contributed by atoms with Gasteiger partial charge in [0, 0.05) is 11.4 Å². The fourth-order valence-electron chi connectivity index (χ4n) is 1.69. The van der Waals surface area contributed by atoms with Gasteiger partial charge in [-0.1, -0.05) is 49.9 Å². The van der Waals surface area contributed by atoms with E-state index in [-0.39, 0.29) is 0 Å². The van der Waals surface area contributed by atoms with Crippen molar-refractivity contribution < 1.29 is 0 Å². The summed E-state index contributed by atoms with van der Waals surface area (Å²) >= 11 is 0. The minimum atomic E-state index is 1.01. The van der Waals surface area contributed by atoms with Gasteiger partial charge in [-0.3, -0.25) is 0 Å². The molecule has 0 radical (unpaired) electrons. The van der Waals surface area contributed by atoms with Crippen molar-refractivity contribution in [1.29, 1.82) is 0 Å². The summed E-state index contributed by atoms with van der Waals surface area (Å²) in [5.41, 5.74) is 4.61. The number of hydrogen-bond acceptors (Lipinski definition) is 1. The van der Waals surface area contributed by atoms with Crippen LogP contribution < -0.4 is 5.32 Å². The standard InChI is InChI=1S/C14H15N/c1-3-12-9-10-14(15-11(12)2)13-7-5-4-6-8-13/h4-10,15H,2-3H2,1H3. The lowest BCUT2D eigenvalue weighted by molar-refractivity contribution is 1.00. The largest absolute Gasteiger partial charge is 0.355 e. The van der Waals surface area contributed by atoms with E-state index in [9.17, 15) is 0 Å². The Balaban J connectivity index is 2.31. The fraction of sp³-hybridized carbons (Fsp3) is 0.143. The summed E-state index contributed by atoms with van der Waals surface area (Å²) in [7, 11) is 0. The number of dihydropyridines is 1. The van der Waals surface area contributed by atoms with Gasteiger partial charge in [0.1, 0.15) is 0 Å². The molecular formula is C14H15N. The molecule has 1 aliphatic rings. The van der Waals surface area contributed by atoms with E-state index < -0.39 is 0 Å². The van der Waals surface area contributed by atoms with Gasteiger partial charge in [-0.15, -0.1) is 0 Å². The van der Waals surface area contributed by atoms with E-state index in [1.807, 2.05) is 18.2 Å². The molecule has 1 nitrogen and oxygen atoms in total. The van der Waals surface area contributed by atoms with Crippen molar-refractivity contribution >= 4 is 5.70 Å². The van der Waals surface area contributed by atoms with Crippen LogP contribution in [0.5, 0.6) is 0 Å². The summed E-state index contributed by atoms with van der Waals surface area (Å²) in [4.78, 5) is 0. The van der Waals surface area contributed by atoms with Crippen LogP contribution in [0, 0.1) is 0 Å². The molecule has 2 rings (SSSR count). The first-order chi connectivity index (χ1) is 7.31. The Morgan fingerprint density at radius 3 is 2.47 bits per heavy atom. The second-order valence-electron chi connectivity index (χ2n) is 3.60. The van der Waals surface area contributed by atoms with Gasteiger partial charge in [0.25, 0.3) is 0 Å². The average molecular weight is 197 g/mol. The van der Waals surface area contributed by atoms with Crippen LogP contribution in [0.1, 0.15) is 18.9 Å². The molecular weight excluding hydrogens is 182 g/mol. The fourth-order valence-corrected chi connectivity index (χ4v) is 1.69. The lowest BCUT2D eigenvalue weighted by Crippen LogP contribution is -2.15. The molecule has 0 aliphatic carbocycles. The van der Waals surface area contributed by atoms with Crippen molar-refractivity contribution in [3.05, 3.63) is 65.9 Å². The Morgan fingerprint density at radius 2 is 1.87 bits per heavy atom. The van der Waals surface area contributed by atoms with Crippen LogP contribution in [-0.4, -0.2) is 0 Å². The molecule has 0 saturated heterocycles. The normalized spacial score (nSPS) is 15.4. The van der Waals surface area contributed by atoms with Crippen molar-refractivity contribution in [3.8, 4) is 0 Å². The van der Waals surface area contributed by atoms with Gasteiger partial charge in [-0.2, -0.15) is 0 Å². The number of rotatable bonds is 2. The molecule has 1 aromatic rings. The number of allylic oxidation sites excluding steroid dienone is 3. The van der Waals surface area contributed by atoms with Gasteiger partial charge in [0.2, 0.25) is 0 Å². The zero-order valence-corrected chi connectivity index (χ0v) is 8.96. The predicted octanol–water partition coefficient (Wildman–Crippen LogP) is 3.48. The summed E-state index contributed by atoms with van der Waals surface area (Å²) < 4.78 is 0. The van der Waals surface area contributed by atoms with E-state index in [2.05, 4.69) is 43.1 Å². The van der Waals surface area contributed by atoms with E-state index in [4.69, 9.17) is 0 Å². The number of benzene rings is 1. The molecule has 0 bridgehead atoms. The van der Waals surface area contributed by atoms with Gasteiger partial charge in [-0.05, 0) is 23.6 Å². The zero-order valence-electron chi connectivity index (χ0n) is 8.96. The van der Waals surface area contributed by atoms with Crippen LogP contribution in [0.15, 0.2) is 60.3 Å².